The average molecular weight is 284 g/mol. The molecule has 0 saturated carbocycles. The topological polar surface area (TPSA) is 79.4 Å². The second-order valence-electron chi connectivity index (χ2n) is 3.86. The second-order valence-corrected chi connectivity index (χ2v) is 4.89. The van der Waals surface area contributed by atoms with Crippen molar-refractivity contribution < 1.29 is 19.0 Å². The quantitative estimate of drug-likeness (QED) is 0.836. The van der Waals surface area contributed by atoms with Gasteiger partial charge in [-0.3, -0.25) is 0 Å². The molecule has 1 unspecified atom stereocenters. The van der Waals surface area contributed by atoms with Crippen LogP contribution in [-0.2, 0) is 5.75 Å². The van der Waals surface area contributed by atoms with E-state index in [0.29, 0.717) is 23.0 Å². The summed E-state index contributed by atoms with van der Waals surface area (Å²) in [7, 11) is 0. The van der Waals surface area contributed by atoms with Crippen LogP contribution in [0.4, 0.5) is 4.39 Å². The first-order chi connectivity index (χ1) is 9.19. The Labute approximate surface area is 113 Å². The standard InChI is InChI=1S/C12H13FN2O3S/c13-9-3-1-2-8(4-9)12-15-14-11(18-12)7-19-6-10(17)5-16/h1-4,10,16-17H,5-7H2. The molecule has 0 fully saturated rings. The van der Waals surface area contributed by atoms with E-state index in [1.165, 1.54) is 23.9 Å². The molecule has 2 N–H and O–H groups in total. The van der Waals surface area contributed by atoms with Gasteiger partial charge in [0.2, 0.25) is 11.8 Å². The highest BCUT2D eigenvalue weighted by Gasteiger charge is 2.10. The van der Waals surface area contributed by atoms with E-state index in [0.717, 1.165) is 0 Å². The summed E-state index contributed by atoms with van der Waals surface area (Å²) in [4.78, 5) is 0. The van der Waals surface area contributed by atoms with Gasteiger partial charge in [0.05, 0.1) is 18.5 Å². The first-order valence-electron chi connectivity index (χ1n) is 5.64. The summed E-state index contributed by atoms with van der Waals surface area (Å²) in [6.45, 7) is -0.272. The normalized spacial score (nSPS) is 12.6. The average Bonchev–Trinajstić information content (AvgIpc) is 2.87. The van der Waals surface area contributed by atoms with Crippen molar-refractivity contribution in [1.82, 2.24) is 10.2 Å². The molecule has 7 heteroatoms. The zero-order valence-electron chi connectivity index (χ0n) is 9.99. The van der Waals surface area contributed by atoms with Crippen LogP contribution in [0.2, 0.25) is 0 Å². The minimum Gasteiger partial charge on any atom is -0.420 e. The maximum absolute atomic E-state index is 13.0. The molecule has 2 aromatic rings. The van der Waals surface area contributed by atoms with E-state index < -0.39 is 6.10 Å². The fourth-order valence-corrected chi connectivity index (χ4v) is 2.17. The van der Waals surface area contributed by atoms with E-state index in [4.69, 9.17) is 9.52 Å². The van der Waals surface area contributed by atoms with Crippen LogP contribution in [0.1, 0.15) is 5.89 Å². The molecule has 102 valence electrons. The van der Waals surface area contributed by atoms with Gasteiger partial charge in [-0.1, -0.05) is 6.07 Å². The third kappa shape index (κ3) is 4.02. The first kappa shape index (κ1) is 14.0. The predicted octanol–water partition coefficient (Wildman–Crippen LogP) is 1.46. The van der Waals surface area contributed by atoms with Gasteiger partial charge in [0.15, 0.2) is 0 Å². The number of nitrogens with zero attached hydrogens (tertiary/aromatic N) is 2. The SMILES string of the molecule is OCC(O)CSCc1nnc(-c2cccc(F)c2)o1. The van der Waals surface area contributed by atoms with Crippen molar-refractivity contribution in [3.8, 4) is 11.5 Å². The third-order valence-corrected chi connectivity index (χ3v) is 3.36. The van der Waals surface area contributed by atoms with Crippen LogP contribution < -0.4 is 0 Å². The summed E-state index contributed by atoms with van der Waals surface area (Å²) < 4.78 is 18.4. The summed E-state index contributed by atoms with van der Waals surface area (Å²) in [6, 6.07) is 5.91. The monoisotopic (exact) mass is 284 g/mol. The Balaban J connectivity index is 1.95. The molecule has 0 aliphatic carbocycles. The van der Waals surface area contributed by atoms with Crippen LogP contribution in [0.15, 0.2) is 28.7 Å². The lowest BCUT2D eigenvalue weighted by Crippen LogP contribution is -2.14. The third-order valence-electron chi connectivity index (χ3n) is 2.28. The van der Waals surface area contributed by atoms with Crippen molar-refractivity contribution in [2.45, 2.75) is 11.9 Å². The van der Waals surface area contributed by atoms with Crippen LogP contribution >= 0.6 is 11.8 Å². The molecule has 1 aromatic heterocycles. The smallest absolute Gasteiger partial charge is 0.247 e. The Morgan fingerprint density at radius 2 is 2.21 bits per heavy atom. The van der Waals surface area contributed by atoms with E-state index in [2.05, 4.69) is 10.2 Å². The van der Waals surface area contributed by atoms with Crippen LogP contribution in [0.3, 0.4) is 0 Å². The maximum atomic E-state index is 13.0. The fraction of sp³-hybridized carbons (Fsp3) is 0.333. The van der Waals surface area contributed by atoms with Crippen molar-refractivity contribution in [3.05, 3.63) is 36.0 Å². The van der Waals surface area contributed by atoms with E-state index in [-0.39, 0.29) is 18.3 Å². The zero-order chi connectivity index (χ0) is 13.7. The van der Waals surface area contributed by atoms with Gasteiger partial charge in [-0.25, -0.2) is 4.39 Å². The van der Waals surface area contributed by atoms with E-state index in [1.54, 1.807) is 12.1 Å². The van der Waals surface area contributed by atoms with Gasteiger partial charge in [0, 0.05) is 11.3 Å². The number of aromatic nitrogens is 2. The Kier molecular flexibility index (Phi) is 4.89. The number of benzene rings is 1. The highest BCUT2D eigenvalue weighted by molar-refractivity contribution is 7.98. The molecule has 1 heterocycles. The fourth-order valence-electron chi connectivity index (χ4n) is 1.39. The predicted molar refractivity (Wildman–Crippen MR) is 68.9 cm³/mol. The second kappa shape index (κ2) is 6.65. The molecule has 0 aliphatic rings. The Hall–Kier alpha value is -1.44. The van der Waals surface area contributed by atoms with Gasteiger partial charge in [-0.2, -0.15) is 0 Å². The lowest BCUT2D eigenvalue weighted by Gasteiger charge is -2.03. The number of rotatable bonds is 6. The minimum absolute atomic E-state index is 0.262. The molecule has 0 saturated heterocycles. The number of aliphatic hydroxyl groups is 2. The molecule has 19 heavy (non-hydrogen) atoms. The molecule has 0 bridgehead atoms. The molecule has 1 aromatic carbocycles. The number of halogens is 1. The summed E-state index contributed by atoms with van der Waals surface area (Å²) in [5, 5.41) is 25.5. The summed E-state index contributed by atoms with van der Waals surface area (Å²) in [5.74, 6) is 1.11. The summed E-state index contributed by atoms with van der Waals surface area (Å²) in [5.41, 5.74) is 0.527. The van der Waals surface area contributed by atoms with Crippen LogP contribution in [0, 0.1) is 5.82 Å². The van der Waals surface area contributed by atoms with Crippen LogP contribution in [-0.4, -0.2) is 38.9 Å². The van der Waals surface area contributed by atoms with Gasteiger partial charge in [0.1, 0.15) is 5.82 Å². The minimum atomic E-state index is -0.754. The summed E-state index contributed by atoms with van der Waals surface area (Å²) >= 11 is 1.37. The molecule has 0 amide bonds. The maximum Gasteiger partial charge on any atom is 0.247 e. The first-order valence-corrected chi connectivity index (χ1v) is 6.79. The van der Waals surface area contributed by atoms with E-state index >= 15 is 0 Å². The van der Waals surface area contributed by atoms with Crippen molar-refractivity contribution in [2.75, 3.05) is 12.4 Å². The molecule has 5 nitrogen and oxygen atoms in total. The van der Waals surface area contributed by atoms with Gasteiger partial charge in [0.25, 0.3) is 0 Å². The van der Waals surface area contributed by atoms with E-state index in [9.17, 15) is 9.50 Å². The van der Waals surface area contributed by atoms with Gasteiger partial charge in [-0.05, 0) is 18.2 Å². The van der Waals surface area contributed by atoms with Gasteiger partial charge < -0.3 is 14.6 Å². The molecular weight excluding hydrogens is 271 g/mol. The van der Waals surface area contributed by atoms with Crippen molar-refractivity contribution in [2.24, 2.45) is 0 Å². The van der Waals surface area contributed by atoms with E-state index in [1.807, 2.05) is 0 Å². The van der Waals surface area contributed by atoms with Crippen LogP contribution in [0.5, 0.6) is 0 Å². The molecular formula is C12H13FN2O3S. The van der Waals surface area contributed by atoms with Crippen LogP contribution in [0.25, 0.3) is 11.5 Å². The Morgan fingerprint density at radius 1 is 1.37 bits per heavy atom. The molecule has 0 aliphatic heterocycles. The largest absolute Gasteiger partial charge is 0.420 e. The lowest BCUT2D eigenvalue weighted by atomic mass is 10.2. The summed E-state index contributed by atoms with van der Waals surface area (Å²) in [6.07, 6.45) is -0.754. The molecule has 2 rings (SSSR count). The van der Waals surface area contributed by atoms with Gasteiger partial charge in [-0.15, -0.1) is 22.0 Å². The molecule has 0 spiro atoms. The number of thioether (sulfide) groups is 1. The Bertz CT molecular complexity index is 535. The van der Waals surface area contributed by atoms with Crippen molar-refractivity contribution in [1.29, 1.82) is 0 Å². The highest BCUT2D eigenvalue weighted by Crippen LogP contribution is 2.20. The lowest BCUT2D eigenvalue weighted by molar-refractivity contribution is 0.113. The van der Waals surface area contributed by atoms with Crippen molar-refractivity contribution in [3.63, 3.8) is 0 Å². The molecule has 1 atom stereocenters. The number of hydrogen-bond acceptors (Lipinski definition) is 6. The van der Waals surface area contributed by atoms with Gasteiger partial charge >= 0.3 is 0 Å². The highest BCUT2D eigenvalue weighted by atomic mass is 32.2. The van der Waals surface area contributed by atoms with Crippen molar-refractivity contribution >= 4 is 11.8 Å². The number of aliphatic hydroxyl groups excluding tert-OH is 2. The number of hydrogen-bond donors (Lipinski definition) is 2. The Morgan fingerprint density at radius 3 is 2.95 bits per heavy atom. The molecule has 0 radical (unpaired) electrons. The zero-order valence-corrected chi connectivity index (χ0v) is 10.8.